The fraction of sp³-hybridized carbons (Fsp3) is 0.231. The molecule has 0 bridgehead atoms. The molecule has 0 radical (unpaired) electrons. The normalized spacial score (nSPS) is 13.8. The predicted octanol–water partition coefficient (Wildman–Crippen LogP) is 1.10. The number of carboxylic acid groups (broad SMARTS) is 1. The number of carbonyl (C=O) groups is 1. The minimum absolute atomic E-state index is 0.104. The van der Waals surface area contributed by atoms with Gasteiger partial charge in [-0.25, -0.2) is 13.6 Å². The van der Waals surface area contributed by atoms with Crippen LogP contribution in [-0.4, -0.2) is 29.3 Å². The lowest BCUT2D eigenvalue weighted by Crippen LogP contribution is -2.38. The lowest BCUT2D eigenvalue weighted by molar-refractivity contribution is 0.0695. The first-order valence-electron chi connectivity index (χ1n) is 5.92. The Morgan fingerprint density at radius 3 is 2.75 bits per heavy atom. The van der Waals surface area contributed by atoms with Crippen LogP contribution in [0.2, 0.25) is 0 Å². The summed E-state index contributed by atoms with van der Waals surface area (Å²) >= 11 is 0. The van der Waals surface area contributed by atoms with Crippen LogP contribution in [0, 0.1) is 11.6 Å². The van der Waals surface area contributed by atoms with Crippen LogP contribution in [0.5, 0.6) is 0 Å². The third-order valence-corrected chi connectivity index (χ3v) is 3.54. The fourth-order valence-corrected chi connectivity index (χ4v) is 2.53. The SMILES string of the molecule is CN1CCc2c(F)c(F)cc3c(=O)c(C(=O)O)cn1c23. The Kier molecular flexibility index (Phi) is 2.53. The lowest BCUT2D eigenvalue weighted by Gasteiger charge is -2.30. The number of carboxylic acids is 1. The molecule has 0 spiro atoms. The predicted molar refractivity (Wildman–Crippen MR) is 67.8 cm³/mol. The third kappa shape index (κ3) is 1.52. The molecule has 0 unspecified atom stereocenters. The van der Waals surface area contributed by atoms with Crippen molar-refractivity contribution in [1.82, 2.24) is 4.68 Å². The van der Waals surface area contributed by atoms with Gasteiger partial charge < -0.3 is 10.1 Å². The van der Waals surface area contributed by atoms with Crippen molar-refractivity contribution in [3.63, 3.8) is 0 Å². The van der Waals surface area contributed by atoms with Crippen LogP contribution in [-0.2, 0) is 6.42 Å². The largest absolute Gasteiger partial charge is 0.477 e. The van der Waals surface area contributed by atoms with E-state index in [1.165, 1.54) is 4.68 Å². The van der Waals surface area contributed by atoms with Gasteiger partial charge in [0.05, 0.1) is 10.9 Å². The first kappa shape index (κ1) is 12.6. The highest BCUT2D eigenvalue weighted by Gasteiger charge is 2.25. The van der Waals surface area contributed by atoms with E-state index in [1.54, 1.807) is 12.1 Å². The smallest absolute Gasteiger partial charge is 0.341 e. The van der Waals surface area contributed by atoms with Crippen molar-refractivity contribution >= 4 is 16.9 Å². The third-order valence-electron chi connectivity index (χ3n) is 3.54. The molecule has 1 aliphatic rings. The number of pyridine rings is 1. The maximum absolute atomic E-state index is 13.8. The molecule has 0 aliphatic carbocycles. The Hall–Kier alpha value is -2.44. The fourth-order valence-electron chi connectivity index (χ4n) is 2.53. The molecule has 2 aromatic rings. The molecule has 0 amide bonds. The van der Waals surface area contributed by atoms with E-state index in [9.17, 15) is 18.4 Å². The number of nitrogens with zero attached hydrogens (tertiary/aromatic N) is 2. The first-order valence-corrected chi connectivity index (χ1v) is 5.92. The van der Waals surface area contributed by atoms with Gasteiger partial charge in [0.15, 0.2) is 11.6 Å². The molecule has 1 aliphatic heterocycles. The first-order chi connectivity index (χ1) is 9.41. The molecule has 3 rings (SSSR count). The van der Waals surface area contributed by atoms with Crippen molar-refractivity contribution in [1.29, 1.82) is 0 Å². The van der Waals surface area contributed by atoms with Crippen LogP contribution >= 0.6 is 0 Å². The summed E-state index contributed by atoms with van der Waals surface area (Å²) in [6.07, 6.45) is 1.40. The molecule has 104 valence electrons. The zero-order valence-electron chi connectivity index (χ0n) is 10.5. The van der Waals surface area contributed by atoms with Gasteiger partial charge in [0.1, 0.15) is 5.56 Å². The highest BCUT2D eigenvalue weighted by Crippen LogP contribution is 2.26. The number of aromatic carboxylic acids is 1. The zero-order chi connectivity index (χ0) is 14.6. The molecule has 5 nitrogen and oxygen atoms in total. The minimum atomic E-state index is -1.40. The van der Waals surface area contributed by atoms with Gasteiger partial charge in [-0.2, -0.15) is 0 Å². The summed E-state index contributed by atoms with van der Waals surface area (Å²) in [6.45, 7) is 0.393. The van der Waals surface area contributed by atoms with Crippen LogP contribution < -0.4 is 10.4 Å². The van der Waals surface area contributed by atoms with Gasteiger partial charge in [-0.1, -0.05) is 0 Å². The van der Waals surface area contributed by atoms with Crippen molar-refractivity contribution in [2.24, 2.45) is 0 Å². The molecule has 1 N–H and O–H groups in total. The lowest BCUT2D eigenvalue weighted by atomic mass is 10.0. The van der Waals surface area contributed by atoms with Gasteiger partial charge in [0.2, 0.25) is 5.43 Å². The quantitative estimate of drug-likeness (QED) is 0.849. The second kappa shape index (κ2) is 4.03. The van der Waals surface area contributed by atoms with Gasteiger partial charge in [0, 0.05) is 25.4 Å². The van der Waals surface area contributed by atoms with Gasteiger partial charge in [-0.3, -0.25) is 9.47 Å². The number of halogens is 2. The van der Waals surface area contributed by atoms with E-state index in [4.69, 9.17) is 5.11 Å². The van der Waals surface area contributed by atoms with Crippen LogP contribution in [0.4, 0.5) is 8.78 Å². The van der Waals surface area contributed by atoms with Crippen molar-refractivity contribution in [3.05, 3.63) is 45.2 Å². The maximum atomic E-state index is 13.8. The molecule has 1 aromatic carbocycles. The van der Waals surface area contributed by atoms with Gasteiger partial charge in [-0.05, 0) is 12.5 Å². The molecule has 0 saturated carbocycles. The zero-order valence-corrected chi connectivity index (χ0v) is 10.5. The standard InChI is InChI=1S/C13H10F2N2O3/c1-16-3-2-6-10(15)9(14)4-7-11(6)17(16)5-8(12(7)18)13(19)20/h4-5H,2-3H2,1H3,(H,19,20). The molecule has 0 atom stereocenters. The summed E-state index contributed by atoms with van der Waals surface area (Å²) in [6, 6.07) is 0.762. The highest BCUT2D eigenvalue weighted by atomic mass is 19.2. The second-order valence-corrected chi connectivity index (χ2v) is 4.70. The van der Waals surface area contributed by atoms with Crippen molar-refractivity contribution < 1.29 is 18.7 Å². The number of rotatable bonds is 1. The van der Waals surface area contributed by atoms with Gasteiger partial charge in [0.25, 0.3) is 0 Å². The van der Waals surface area contributed by atoms with Crippen LogP contribution in [0.1, 0.15) is 15.9 Å². The Morgan fingerprint density at radius 2 is 2.10 bits per heavy atom. The Bertz CT molecular complexity index is 814. The minimum Gasteiger partial charge on any atom is -0.477 e. The summed E-state index contributed by atoms with van der Waals surface area (Å²) in [7, 11) is 1.68. The Balaban J connectivity index is 2.57. The summed E-state index contributed by atoms with van der Waals surface area (Å²) < 4.78 is 28.8. The van der Waals surface area contributed by atoms with Crippen molar-refractivity contribution in [2.75, 3.05) is 18.6 Å². The highest BCUT2D eigenvalue weighted by molar-refractivity contribution is 5.93. The van der Waals surface area contributed by atoms with Gasteiger partial charge in [-0.15, -0.1) is 0 Å². The van der Waals surface area contributed by atoms with Crippen molar-refractivity contribution in [3.8, 4) is 0 Å². The Labute approximate surface area is 111 Å². The van der Waals surface area contributed by atoms with Crippen molar-refractivity contribution in [2.45, 2.75) is 6.42 Å². The monoisotopic (exact) mass is 280 g/mol. The molecule has 0 fully saturated rings. The number of likely N-dealkylation sites (N-methyl/N-ethyl adjacent to an activating group) is 1. The molecule has 7 heteroatoms. The summed E-state index contributed by atoms with van der Waals surface area (Å²) in [5, 5.41) is 10.6. The van der Waals surface area contributed by atoms with E-state index in [-0.39, 0.29) is 22.9 Å². The van der Waals surface area contributed by atoms with E-state index in [0.717, 1.165) is 12.3 Å². The molecular weight excluding hydrogens is 270 g/mol. The summed E-state index contributed by atoms with van der Waals surface area (Å²) in [4.78, 5) is 23.2. The second-order valence-electron chi connectivity index (χ2n) is 4.70. The van der Waals surface area contributed by atoms with Crippen LogP contribution in [0.3, 0.4) is 0 Å². The molecule has 0 saturated heterocycles. The molecule has 2 heterocycles. The molecule has 20 heavy (non-hydrogen) atoms. The molecular formula is C13H10F2N2O3. The van der Waals surface area contributed by atoms with E-state index in [1.807, 2.05) is 0 Å². The van der Waals surface area contributed by atoms with Crippen LogP contribution in [0.25, 0.3) is 10.9 Å². The number of benzene rings is 1. The number of hydrogen-bond acceptors (Lipinski definition) is 3. The van der Waals surface area contributed by atoms with E-state index in [2.05, 4.69) is 0 Å². The van der Waals surface area contributed by atoms with Gasteiger partial charge >= 0.3 is 5.97 Å². The average molecular weight is 280 g/mol. The number of aromatic nitrogens is 1. The maximum Gasteiger partial charge on any atom is 0.341 e. The number of hydrogen-bond donors (Lipinski definition) is 1. The average Bonchev–Trinajstić information content (AvgIpc) is 2.39. The van der Waals surface area contributed by atoms with E-state index >= 15 is 0 Å². The summed E-state index contributed by atoms with van der Waals surface area (Å²) in [5.74, 6) is -3.52. The molecule has 1 aromatic heterocycles. The summed E-state index contributed by atoms with van der Waals surface area (Å²) in [5.41, 5.74) is -0.942. The van der Waals surface area contributed by atoms with E-state index in [0.29, 0.717) is 6.54 Å². The van der Waals surface area contributed by atoms with Crippen LogP contribution in [0.15, 0.2) is 17.1 Å². The topological polar surface area (TPSA) is 62.5 Å². The van der Waals surface area contributed by atoms with E-state index < -0.39 is 28.6 Å². The Morgan fingerprint density at radius 1 is 1.40 bits per heavy atom.